The van der Waals surface area contributed by atoms with Gasteiger partial charge in [0.25, 0.3) is 5.56 Å². The number of nitrogens with one attached hydrogen (secondary N) is 2. The summed E-state index contributed by atoms with van der Waals surface area (Å²) in [6.07, 6.45) is -4.47. The van der Waals surface area contributed by atoms with Gasteiger partial charge < -0.3 is 15.0 Å². The average Bonchev–Trinajstić information content (AvgIpc) is 2.59. The third kappa shape index (κ3) is 3.73. The van der Waals surface area contributed by atoms with E-state index in [1.807, 2.05) is 12.1 Å². The van der Waals surface area contributed by atoms with Crippen molar-refractivity contribution in [2.45, 2.75) is 12.7 Å². The normalized spacial score (nSPS) is 11.5. The molecule has 1 aromatic heterocycles. The van der Waals surface area contributed by atoms with E-state index in [1.165, 1.54) is 6.07 Å². The Balaban J connectivity index is 1.87. The summed E-state index contributed by atoms with van der Waals surface area (Å²) in [5.41, 5.74) is -0.146. The third-order valence-electron chi connectivity index (χ3n) is 3.64. The maximum atomic E-state index is 12.8. The van der Waals surface area contributed by atoms with Gasteiger partial charge in [0.05, 0.1) is 23.7 Å². The molecule has 0 aliphatic heterocycles. The van der Waals surface area contributed by atoms with Crippen LogP contribution in [0.1, 0.15) is 11.1 Å². The number of aromatic nitrogens is 2. The van der Waals surface area contributed by atoms with Crippen LogP contribution in [0.2, 0.25) is 0 Å². The number of nitrogens with zero attached hydrogens (tertiary/aromatic N) is 1. The molecule has 3 rings (SSSR count). The van der Waals surface area contributed by atoms with Crippen molar-refractivity contribution in [2.75, 3.05) is 12.4 Å². The highest BCUT2D eigenvalue weighted by Crippen LogP contribution is 2.30. The first-order valence-electron chi connectivity index (χ1n) is 7.35. The monoisotopic (exact) mass is 349 g/mol. The molecular formula is C17H14F3N3O2. The second-order valence-corrected chi connectivity index (χ2v) is 5.35. The predicted molar refractivity (Wildman–Crippen MR) is 87.7 cm³/mol. The van der Waals surface area contributed by atoms with E-state index < -0.39 is 17.3 Å². The van der Waals surface area contributed by atoms with Crippen LogP contribution in [0.15, 0.2) is 47.3 Å². The van der Waals surface area contributed by atoms with E-state index in [1.54, 1.807) is 19.2 Å². The molecule has 0 atom stereocenters. The fourth-order valence-electron chi connectivity index (χ4n) is 2.31. The molecule has 5 nitrogen and oxygen atoms in total. The first-order chi connectivity index (χ1) is 11.9. The Morgan fingerprint density at radius 2 is 1.88 bits per heavy atom. The standard InChI is InChI=1S/C17H14F3N3O2/c1-25-12-5-2-10(3-6-12)9-21-15-16(24)23-13-7-4-11(17(18,19)20)8-14(13)22-15/h2-8H,9H2,1H3,(H,21,22)(H,23,24). The van der Waals surface area contributed by atoms with Crippen molar-refractivity contribution >= 4 is 16.9 Å². The molecule has 0 radical (unpaired) electrons. The zero-order valence-corrected chi connectivity index (χ0v) is 13.1. The van der Waals surface area contributed by atoms with Crippen LogP contribution < -0.4 is 15.6 Å². The number of fused-ring (bicyclic) bond motifs is 1. The molecule has 2 aromatic carbocycles. The van der Waals surface area contributed by atoms with Gasteiger partial charge in [-0.2, -0.15) is 13.2 Å². The summed E-state index contributed by atoms with van der Waals surface area (Å²) < 4.78 is 43.5. The molecule has 0 unspecified atom stereocenters. The van der Waals surface area contributed by atoms with E-state index >= 15 is 0 Å². The molecule has 25 heavy (non-hydrogen) atoms. The Hall–Kier alpha value is -3.03. The highest BCUT2D eigenvalue weighted by molar-refractivity contribution is 5.76. The van der Waals surface area contributed by atoms with Crippen molar-refractivity contribution < 1.29 is 17.9 Å². The zero-order chi connectivity index (χ0) is 18.0. The topological polar surface area (TPSA) is 67.0 Å². The molecule has 0 fully saturated rings. The van der Waals surface area contributed by atoms with E-state index in [9.17, 15) is 18.0 Å². The van der Waals surface area contributed by atoms with Crippen molar-refractivity contribution in [1.82, 2.24) is 9.97 Å². The number of rotatable bonds is 4. The van der Waals surface area contributed by atoms with Crippen LogP contribution in [0.4, 0.5) is 19.0 Å². The lowest BCUT2D eigenvalue weighted by molar-refractivity contribution is -0.137. The number of anilines is 1. The van der Waals surface area contributed by atoms with Crippen LogP contribution in [-0.2, 0) is 12.7 Å². The second-order valence-electron chi connectivity index (χ2n) is 5.35. The van der Waals surface area contributed by atoms with Gasteiger partial charge in [-0.25, -0.2) is 4.98 Å². The van der Waals surface area contributed by atoms with E-state index in [0.29, 0.717) is 12.3 Å². The van der Waals surface area contributed by atoms with Gasteiger partial charge in [0.1, 0.15) is 5.75 Å². The van der Waals surface area contributed by atoms with E-state index in [0.717, 1.165) is 17.7 Å². The minimum Gasteiger partial charge on any atom is -0.497 e. The summed E-state index contributed by atoms with van der Waals surface area (Å²) in [6.45, 7) is 0.296. The molecule has 8 heteroatoms. The van der Waals surface area contributed by atoms with E-state index in [2.05, 4.69) is 15.3 Å². The first-order valence-corrected chi connectivity index (χ1v) is 7.35. The fourth-order valence-corrected chi connectivity index (χ4v) is 2.31. The van der Waals surface area contributed by atoms with Crippen LogP contribution in [-0.4, -0.2) is 17.1 Å². The number of ether oxygens (including phenoxy) is 1. The number of hydrogen-bond donors (Lipinski definition) is 2. The molecule has 130 valence electrons. The number of methoxy groups -OCH3 is 1. The van der Waals surface area contributed by atoms with Gasteiger partial charge in [-0.3, -0.25) is 4.79 Å². The molecule has 0 saturated heterocycles. The quantitative estimate of drug-likeness (QED) is 0.756. The van der Waals surface area contributed by atoms with E-state index in [4.69, 9.17) is 4.74 Å². The number of H-pyrrole nitrogens is 1. The molecule has 0 aliphatic rings. The first kappa shape index (κ1) is 16.8. The Bertz CT molecular complexity index is 950. The number of aromatic amines is 1. The highest BCUT2D eigenvalue weighted by Gasteiger charge is 2.30. The SMILES string of the molecule is COc1ccc(CNc2nc3cc(C(F)(F)F)ccc3[nH]c2=O)cc1. The molecule has 0 saturated carbocycles. The average molecular weight is 349 g/mol. The van der Waals surface area contributed by atoms with Gasteiger partial charge in [-0.1, -0.05) is 12.1 Å². The van der Waals surface area contributed by atoms with Gasteiger partial charge in [-0.15, -0.1) is 0 Å². The van der Waals surface area contributed by atoms with Gasteiger partial charge in [0, 0.05) is 6.54 Å². The van der Waals surface area contributed by atoms with Crippen molar-refractivity contribution in [3.63, 3.8) is 0 Å². The summed E-state index contributed by atoms with van der Waals surface area (Å²) in [6, 6.07) is 10.2. The van der Waals surface area contributed by atoms with Gasteiger partial charge in [-0.05, 0) is 35.9 Å². The molecular weight excluding hydrogens is 335 g/mol. The smallest absolute Gasteiger partial charge is 0.416 e. The minimum absolute atomic E-state index is 0.0392. The van der Waals surface area contributed by atoms with Crippen LogP contribution >= 0.6 is 0 Å². The van der Waals surface area contributed by atoms with Gasteiger partial charge >= 0.3 is 6.18 Å². The molecule has 3 aromatic rings. The Morgan fingerprint density at radius 3 is 2.52 bits per heavy atom. The van der Waals surface area contributed by atoms with Crippen LogP contribution in [0.3, 0.4) is 0 Å². The lowest BCUT2D eigenvalue weighted by Crippen LogP contribution is -2.16. The molecule has 0 spiro atoms. The van der Waals surface area contributed by atoms with Crippen LogP contribution in [0, 0.1) is 0 Å². The lowest BCUT2D eigenvalue weighted by atomic mass is 10.2. The van der Waals surface area contributed by atoms with Crippen LogP contribution in [0.5, 0.6) is 5.75 Å². The summed E-state index contributed by atoms with van der Waals surface area (Å²) >= 11 is 0. The predicted octanol–water partition coefficient (Wildman–Crippen LogP) is 3.56. The Labute approximate surface area is 140 Å². The summed E-state index contributed by atoms with van der Waals surface area (Å²) in [5, 5.41) is 2.84. The maximum Gasteiger partial charge on any atom is 0.416 e. The largest absolute Gasteiger partial charge is 0.497 e. The summed E-state index contributed by atoms with van der Waals surface area (Å²) in [4.78, 5) is 18.6. The zero-order valence-electron chi connectivity index (χ0n) is 13.1. The van der Waals surface area contributed by atoms with Gasteiger partial charge in [0.2, 0.25) is 0 Å². The number of hydrogen-bond acceptors (Lipinski definition) is 4. The van der Waals surface area contributed by atoms with Gasteiger partial charge in [0.15, 0.2) is 5.82 Å². The molecule has 0 bridgehead atoms. The van der Waals surface area contributed by atoms with Crippen molar-refractivity contribution in [2.24, 2.45) is 0 Å². The molecule has 2 N–H and O–H groups in total. The molecule has 0 aliphatic carbocycles. The number of benzene rings is 2. The van der Waals surface area contributed by atoms with Crippen molar-refractivity contribution in [3.05, 3.63) is 63.9 Å². The lowest BCUT2D eigenvalue weighted by Gasteiger charge is -2.09. The van der Waals surface area contributed by atoms with Crippen LogP contribution in [0.25, 0.3) is 11.0 Å². The van der Waals surface area contributed by atoms with Crippen molar-refractivity contribution in [3.8, 4) is 5.75 Å². The second kappa shape index (κ2) is 6.46. The number of alkyl halides is 3. The molecule has 1 heterocycles. The molecule has 0 amide bonds. The minimum atomic E-state index is -4.47. The summed E-state index contributed by atoms with van der Waals surface area (Å²) in [7, 11) is 1.56. The highest BCUT2D eigenvalue weighted by atomic mass is 19.4. The maximum absolute atomic E-state index is 12.8. The third-order valence-corrected chi connectivity index (χ3v) is 3.64. The van der Waals surface area contributed by atoms with E-state index in [-0.39, 0.29) is 16.9 Å². The Morgan fingerprint density at radius 1 is 1.16 bits per heavy atom. The Kier molecular flexibility index (Phi) is 4.35. The summed E-state index contributed by atoms with van der Waals surface area (Å²) in [5.74, 6) is 0.660. The fraction of sp³-hybridized carbons (Fsp3) is 0.176. The number of halogens is 3. The van der Waals surface area contributed by atoms with Crippen molar-refractivity contribution in [1.29, 1.82) is 0 Å².